The highest BCUT2D eigenvalue weighted by molar-refractivity contribution is 9.10. The van der Waals surface area contributed by atoms with E-state index in [1.807, 2.05) is 6.92 Å². The van der Waals surface area contributed by atoms with Crippen molar-refractivity contribution in [2.24, 2.45) is 0 Å². The third-order valence-corrected chi connectivity index (χ3v) is 3.83. The van der Waals surface area contributed by atoms with Gasteiger partial charge in [-0.05, 0) is 40.5 Å². The zero-order valence-corrected chi connectivity index (χ0v) is 12.0. The van der Waals surface area contributed by atoms with Crippen molar-refractivity contribution in [3.63, 3.8) is 0 Å². The fraction of sp³-hybridized carbons (Fsp3) is 0.385. The lowest BCUT2D eigenvalue weighted by molar-refractivity contribution is -0.127. The van der Waals surface area contributed by atoms with Gasteiger partial charge in [-0.2, -0.15) is 0 Å². The highest BCUT2D eigenvalue weighted by atomic mass is 79.9. The highest BCUT2D eigenvalue weighted by Gasteiger charge is 2.32. The van der Waals surface area contributed by atoms with Gasteiger partial charge in [0.05, 0.1) is 5.56 Å². The molecule has 1 aliphatic heterocycles. The first-order chi connectivity index (χ1) is 9.04. The van der Waals surface area contributed by atoms with E-state index in [0.717, 1.165) is 0 Å². The summed E-state index contributed by atoms with van der Waals surface area (Å²) in [4.78, 5) is 25.7. The first-order valence-electron chi connectivity index (χ1n) is 6.08. The van der Waals surface area contributed by atoms with Crippen molar-refractivity contribution < 1.29 is 14.0 Å². The van der Waals surface area contributed by atoms with Crippen LogP contribution in [0.1, 0.15) is 23.7 Å². The maximum absolute atomic E-state index is 13.3. The number of nitrogens with zero attached hydrogens (tertiary/aromatic N) is 1. The van der Waals surface area contributed by atoms with Gasteiger partial charge in [0.25, 0.3) is 5.91 Å². The Bertz CT molecular complexity index is 521. The molecule has 0 bridgehead atoms. The van der Waals surface area contributed by atoms with Crippen LogP contribution < -0.4 is 5.32 Å². The molecule has 0 aromatic heterocycles. The summed E-state index contributed by atoms with van der Waals surface area (Å²) in [5, 5.41) is 2.73. The van der Waals surface area contributed by atoms with Crippen LogP contribution >= 0.6 is 15.9 Å². The number of halogens is 2. The number of amides is 2. The molecule has 0 radical (unpaired) electrons. The van der Waals surface area contributed by atoms with Crippen molar-refractivity contribution in [2.75, 3.05) is 13.1 Å². The molecular weight excluding hydrogens is 315 g/mol. The van der Waals surface area contributed by atoms with Gasteiger partial charge in [0, 0.05) is 17.6 Å². The molecule has 1 N–H and O–H groups in total. The van der Waals surface area contributed by atoms with Gasteiger partial charge in [-0.25, -0.2) is 4.39 Å². The van der Waals surface area contributed by atoms with E-state index in [1.54, 1.807) is 0 Å². The summed E-state index contributed by atoms with van der Waals surface area (Å²) in [7, 11) is 0. The van der Waals surface area contributed by atoms with Crippen LogP contribution in [0.25, 0.3) is 0 Å². The van der Waals surface area contributed by atoms with E-state index in [1.165, 1.54) is 23.1 Å². The van der Waals surface area contributed by atoms with E-state index in [4.69, 9.17) is 0 Å². The molecule has 1 saturated heterocycles. The SMILES string of the molecule is CCC1C(=O)NCCN1C(=O)c1cc(F)ccc1Br. The van der Waals surface area contributed by atoms with Gasteiger partial charge in [0.15, 0.2) is 0 Å². The Hall–Kier alpha value is -1.43. The molecular formula is C13H14BrFN2O2. The molecule has 1 atom stereocenters. The van der Waals surface area contributed by atoms with Crippen LogP contribution in [0.4, 0.5) is 4.39 Å². The van der Waals surface area contributed by atoms with E-state index in [9.17, 15) is 14.0 Å². The Balaban J connectivity index is 2.32. The number of carbonyl (C=O) groups excluding carboxylic acids is 2. The van der Waals surface area contributed by atoms with E-state index >= 15 is 0 Å². The van der Waals surface area contributed by atoms with Gasteiger partial charge in [0.1, 0.15) is 11.9 Å². The second kappa shape index (κ2) is 5.69. The molecule has 102 valence electrons. The molecule has 6 heteroatoms. The van der Waals surface area contributed by atoms with E-state index in [0.29, 0.717) is 24.0 Å². The summed E-state index contributed by atoms with van der Waals surface area (Å²) >= 11 is 3.24. The number of benzene rings is 1. The smallest absolute Gasteiger partial charge is 0.255 e. The maximum atomic E-state index is 13.3. The van der Waals surface area contributed by atoms with Crippen LogP contribution in [0.2, 0.25) is 0 Å². The number of rotatable bonds is 2. The number of nitrogens with one attached hydrogen (secondary N) is 1. The van der Waals surface area contributed by atoms with Crippen LogP contribution in [0, 0.1) is 5.82 Å². The number of hydrogen-bond acceptors (Lipinski definition) is 2. The minimum Gasteiger partial charge on any atom is -0.353 e. The first-order valence-corrected chi connectivity index (χ1v) is 6.87. The summed E-state index contributed by atoms with van der Waals surface area (Å²) in [6, 6.07) is 3.47. The zero-order valence-electron chi connectivity index (χ0n) is 10.5. The van der Waals surface area contributed by atoms with Crippen molar-refractivity contribution in [1.29, 1.82) is 0 Å². The first kappa shape index (κ1) is 14.0. The van der Waals surface area contributed by atoms with Gasteiger partial charge in [-0.15, -0.1) is 0 Å². The van der Waals surface area contributed by atoms with Crippen LogP contribution in [-0.2, 0) is 4.79 Å². The minimum atomic E-state index is -0.489. The monoisotopic (exact) mass is 328 g/mol. The van der Waals surface area contributed by atoms with E-state index < -0.39 is 11.9 Å². The molecule has 4 nitrogen and oxygen atoms in total. The van der Waals surface area contributed by atoms with Crippen LogP contribution in [-0.4, -0.2) is 35.8 Å². The van der Waals surface area contributed by atoms with E-state index in [2.05, 4.69) is 21.2 Å². The average molecular weight is 329 g/mol. The summed E-state index contributed by atoms with van der Waals surface area (Å²) in [5.41, 5.74) is 0.244. The lowest BCUT2D eigenvalue weighted by Crippen LogP contribution is -2.56. The summed E-state index contributed by atoms with van der Waals surface area (Å²) in [6.07, 6.45) is 0.532. The minimum absolute atomic E-state index is 0.158. The van der Waals surface area contributed by atoms with Crippen molar-refractivity contribution in [2.45, 2.75) is 19.4 Å². The number of hydrogen-bond donors (Lipinski definition) is 1. The van der Waals surface area contributed by atoms with Crippen LogP contribution in [0.15, 0.2) is 22.7 Å². The third-order valence-electron chi connectivity index (χ3n) is 3.14. The average Bonchev–Trinajstić information content (AvgIpc) is 2.40. The van der Waals surface area contributed by atoms with Gasteiger partial charge < -0.3 is 10.2 Å². The van der Waals surface area contributed by atoms with Gasteiger partial charge in [0.2, 0.25) is 5.91 Å². The molecule has 1 fully saturated rings. The zero-order chi connectivity index (χ0) is 14.0. The molecule has 1 aliphatic rings. The molecule has 0 saturated carbocycles. The van der Waals surface area contributed by atoms with E-state index in [-0.39, 0.29) is 17.4 Å². The van der Waals surface area contributed by atoms with Crippen molar-refractivity contribution in [3.8, 4) is 0 Å². The fourth-order valence-electron chi connectivity index (χ4n) is 2.18. The molecule has 1 aromatic carbocycles. The largest absolute Gasteiger partial charge is 0.353 e. The molecule has 0 spiro atoms. The highest BCUT2D eigenvalue weighted by Crippen LogP contribution is 2.22. The number of carbonyl (C=O) groups is 2. The maximum Gasteiger partial charge on any atom is 0.255 e. The predicted molar refractivity (Wildman–Crippen MR) is 72.2 cm³/mol. The quantitative estimate of drug-likeness (QED) is 0.901. The van der Waals surface area contributed by atoms with Crippen molar-refractivity contribution in [3.05, 3.63) is 34.1 Å². The summed E-state index contributed by atoms with van der Waals surface area (Å²) in [5.74, 6) is -0.955. The predicted octanol–water partition coefficient (Wildman–Crippen LogP) is 1.94. The Morgan fingerprint density at radius 3 is 3.00 bits per heavy atom. The number of piperazine rings is 1. The molecule has 0 aliphatic carbocycles. The molecule has 2 amide bonds. The molecule has 1 heterocycles. The molecule has 19 heavy (non-hydrogen) atoms. The third kappa shape index (κ3) is 2.78. The second-order valence-corrected chi connectivity index (χ2v) is 5.19. The van der Waals surface area contributed by atoms with Crippen molar-refractivity contribution >= 4 is 27.7 Å². The van der Waals surface area contributed by atoms with Gasteiger partial charge in [-0.1, -0.05) is 6.92 Å². The van der Waals surface area contributed by atoms with Gasteiger partial charge >= 0.3 is 0 Å². The van der Waals surface area contributed by atoms with Crippen molar-refractivity contribution in [1.82, 2.24) is 10.2 Å². The molecule has 1 unspecified atom stereocenters. The van der Waals surface area contributed by atoms with Crippen LogP contribution in [0.5, 0.6) is 0 Å². The topological polar surface area (TPSA) is 49.4 Å². The fourth-order valence-corrected chi connectivity index (χ4v) is 2.60. The normalized spacial score (nSPS) is 19.2. The molecule has 1 aromatic rings. The second-order valence-electron chi connectivity index (χ2n) is 4.34. The summed E-state index contributed by atoms with van der Waals surface area (Å²) < 4.78 is 13.8. The lowest BCUT2D eigenvalue weighted by atomic mass is 10.1. The Kier molecular flexibility index (Phi) is 4.19. The Morgan fingerprint density at radius 2 is 2.32 bits per heavy atom. The van der Waals surface area contributed by atoms with Crippen LogP contribution in [0.3, 0.4) is 0 Å². The standard InChI is InChI=1S/C13H14BrFN2O2/c1-2-11-12(18)16-5-6-17(11)13(19)9-7-8(15)3-4-10(9)14/h3-4,7,11H,2,5-6H2,1H3,(H,16,18). The Labute approximate surface area is 119 Å². The molecule has 2 rings (SSSR count). The summed E-state index contributed by atoms with van der Waals surface area (Å²) in [6.45, 7) is 2.70. The lowest BCUT2D eigenvalue weighted by Gasteiger charge is -2.34. The van der Waals surface area contributed by atoms with Gasteiger partial charge in [-0.3, -0.25) is 9.59 Å². The Morgan fingerprint density at radius 1 is 1.58 bits per heavy atom.